The van der Waals surface area contributed by atoms with Gasteiger partial charge in [-0.3, -0.25) is 0 Å². The van der Waals surface area contributed by atoms with Crippen LogP contribution in [0.1, 0.15) is 17.5 Å². The summed E-state index contributed by atoms with van der Waals surface area (Å²) in [6.07, 6.45) is 2.01. The summed E-state index contributed by atoms with van der Waals surface area (Å²) in [6.45, 7) is 4.88. The third-order valence-electron chi connectivity index (χ3n) is 3.35. The van der Waals surface area contributed by atoms with E-state index in [2.05, 4.69) is 24.9 Å². The number of rotatable bonds is 8. The molecule has 19 heavy (non-hydrogen) atoms. The van der Waals surface area contributed by atoms with Crippen LogP contribution < -0.4 is 15.2 Å². The standard InChI is InChI=1S/C15H26N2O2/c1-12-10-13(18-3)11-15(19-4)14(12)6-9-17(2)8-5-7-16/h10-11H,5-9,16H2,1-4H3. The first-order valence-corrected chi connectivity index (χ1v) is 6.72. The number of likely N-dealkylation sites (N-methyl/N-ethyl adjacent to an activating group) is 1. The van der Waals surface area contributed by atoms with Crippen molar-refractivity contribution < 1.29 is 9.47 Å². The Morgan fingerprint density at radius 3 is 2.47 bits per heavy atom. The molecule has 1 rings (SSSR count). The van der Waals surface area contributed by atoms with Crippen molar-refractivity contribution in [1.82, 2.24) is 4.90 Å². The van der Waals surface area contributed by atoms with E-state index in [1.54, 1.807) is 14.2 Å². The van der Waals surface area contributed by atoms with Gasteiger partial charge in [0.05, 0.1) is 14.2 Å². The van der Waals surface area contributed by atoms with Gasteiger partial charge in [0.25, 0.3) is 0 Å². The molecule has 0 spiro atoms. The van der Waals surface area contributed by atoms with Crippen molar-refractivity contribution in [1.29, 1.82) is 0 Å². The molecule has 0 radical (unpaired) electrons. The predicted octanol–water partition coefficient (Wildman–Crippen LogP) is 1.84. The van der Waals surface area contributed by atoms with Crippen LogP contribution >= 0.6 is 0 Å². The Morgan fingerprint density at radius 1 is 1.16 bits per heavy atom. The summed E-state index contributed by atoms with van der Waals surface area (Å²) in [5.74, 6) is 1.75. The minimum absolute atomic E-state index is 0.745. The quantitative estimate of drug-likeness (QED) is 0.780. The van der Waals surface area contributed by atoms with E-state index in [4.69, 9.17) is 15.2 Å². The largest absolute Gasteiger partial charge is 0.497 e. The monoisotopic (exact) mass is 266 g/mol. The number of methoxy groups -OCH3 is 2. The molecule has 0 heterocycles. The van der Waals surface area contributed by atoms with Crippen molar-refractivity contribution in [3.8, 4) is 11.5 Å². The fourth-order valence-corrected chi connectivity index (χ4v) is 2.15. The normalized spacial score (nSPS) is 10.8. The van der Waals surface area contributed by atoms with Crippen molar-refractivity contribution in [2.45, 2.75) is 19.8 Å². The van der Waals surface area contributed by atoms with Gasteiger partial charge in [-0.05, 0) is 57.1 Å². The lowest BCUT2D eigenvalue weighted by molar-refractivity contribution is 0.331. The summed E-state index contributed by atoms with van der Waals surface area (Å²) in [4.78, 5) is 2.30. The summed E-state index contributed by atoms with van der Waals surface area (Å²) >= 11 is 0. The van der Waals surface area contributed by atoms with Crippen LogP contribution in [0.3, 0.4) is 0 Å². The smallest absolute Gasteiger partial charge is 0.126 e. The highest BCUT2D eigenvalue weighted by molar-refractivity contribution is 5.46. The third kappa shape index (κ3) is 4.73. The zero-order valence-electron chi connectivity index (χ0n) is 12.5. The van der Waals surface area contributed by atoms with Gasteiger partial charge in [0.1, 0.15) is 11.5 Å². The minimum Gasteiger partial charge on any atom is -0.497 e. The highest BCUT2D eigenvalue weighted by atomic mass is 16.5. The molecule has 0 aliphatic heterocycles. The van der Waals surface area contributed by atoms with Crippen LogP contribution in [-0.4, -0.2) is 45.8 Å². The van der Waals surface area contributed by atoms with E-state index in [1.807, 2.05) is 6.07 Å². The van der Waals surface area contributed by atoms with E-state index in [1.165, 1.54) is 11.1 Å². The van der Waals surface area contributed by atoms with E-state index in [0.29, 0.717) is 0 Å². The fourth-order valence-electron chi connectivity index (χ4n) is 2.15. The van der Waals surface area contributed by atoms with Crippen molar-refractivity contribution >= 4 is 0 Å². The van der Waals surface area contributed by atoms with Crippen molar-refractivity contribution in [3.05, 3.63) is 23.3 Å². The maximum Gasteiger partial charge on any atom is 0.126 e. The maximum absolute atomic E-state index is 5.53. The second-order valence-electron chi connectivity index (χ2n) is 4.82. The number of nitrogens with zero attached hydrogens (tertiary/aromatic N) is 1. The van der Waals surface area contributed by atoms with Gasteiger partial charge >= 0.3 is 0 Å². The number of aryl methyl sites for hydroxylation is 1. The summed E-state index contributed by atoms with van der Waals surface area (Å²) in [5.41, 5.74) is 7.99. The first-order chi connectivity index (χ1) is 9.12. The summed E-state index contributed by atoms with van der Waals surface area (Å²) in [6, 6.07) is 4.00. The lowest BCUT2D eigenvalue weighted by Crippen LogP contribution is -2.24. The predicted molar refractivity (Wildman–Crippen MR) is 79.2 cm³/mol. The van der Waals surface area contributed by atoms with Crippen LogP contribution in [0.25, 0.3) is 0 Å². The fraction of sp³-hybridized carbons (Fsp3) is 0.600. The lowest BCUT2D eigenvalue weighted by Gasteiger charge is -2.19. The number of nitrogens with two attached hydrogens (primary N) is 1. The van der Waals surface area contributed by atoms with Crippen LogP contribution in [-0.2, 0) is 6.42 Å². The molecule has 0 fully saturated rings. The van der Waals surface area contributed by atoms with Crippen molar-refractivity contribution in [3.63, 3.8) is 0 Å². The summed E-state index contributed by atoms with van der Waals surface area (Å²) in [7, 11) is 5.51. The van der Waals surface area contributed by atoms with E-state index in [-0.39, 0.29) is 0 Å². The Hall–Kier alpha value is -1.26. The van der Waals surface area contributed by atoms with Gasteiger partial charge in [0, 0.05) is 12.6 Å². The molecule has 0 bridgehead atoms. The topological polar surface area (TPSA) is 47.7 Å². The number of hydrogen-bond donors (Lipinski definition) is 1. The van der Waals surface area contributed by atoms with Gasteiger partial charge in [-0.1, -0.05) is 0 Å². The molecule has 0 saturated heterocycles. The van der Waals surface area contributed by atoms with Gasteiger partial charge in [-0.25, -0.2) is 0 Å². The molecule has 0 aliphatic rings. The van der Waals surface area contributed by atoms with Gasteiger partial charge in [-0.15, -0.1) is 0 Å². The van der Waals surface area contributed by atoms with Crippen LogP contribution in [0.4, 0.5) is 0 Å². The van der Waals surface area contributed by atoms with E-state index in [9.17, 15) is 0 Å². The zero-order chi connectivity index (χ0) is 14.3. The summed E-state index contributed by atoms with van der Waals surface area (Å²) < 4.78 is 10.7. The number of ether oxygens (including phenoxy) is 2. The molecule has 0 aromatic heterocycles. The van der Waals surface area contributed by atoms with E-state index >= 15 is 0 Å². The second kappa shape index (κ2) is 8.02. The van der Waals surface area contributed by atoms with Crippen LogP contribution in [0.15, 0.2) is 12.1 Å². The van der Waals surface area contributed by atoms with Crippen molar-refractivity contribution in [2.24, 2.45) is 5.73 Å². The van der Waals surface area contributed by atoms with E-state index in [0.717, 1.165) is 44.0 Å². The Kier molecular flexibility index (Phi) is 6.67. The second-order valence-corrected chi connectivity index (χ2v) is 4.82. The van der Waals surface area contributed by atoms with Crippen LogP contribution in [0, 0.1) is 6.92 Å². The lowest BCUT2D eigenvalue weighted by atomic mass is 10.0. The van der Waals surface area contributed by atoms with Gasteiger partial charge in [-0.2, -0.15) is 0 Å². The van der Waals surface area contributed by atoms with Crippen LogP contribution in [0.5, 0.6) is 11.5 Å². The van der Waals surface area contributed by atoms with Gasteiger partial charge in [0.15, 0.2) is 0 Å². The number of benzene rings is 1. The Bertz CT molecular complexity index is 394. The first-order valence-electron chi connectivity index (χ1n) is 6.72. The molecule has 0 amide bonds. The van der Waals surface area contributed by atoms with Gasteiger partial charge in [0.2, 0.25) is 0 Å². The Morgan fingerprint density at radius 2 is 1.89 bits per heavy atom. The molecular formula is C15H26N2O2. The Balaban J connectivity index is 2.71. The average molecular weight is 266 g/mol. The minimum atomic E-state index is 0.745. The molecule has 4 heteroatoms. The highest BCUT2D eigenvalue weighted by Crippen LogP contribution is 2.28. The maximum atomic E-state index is 5.53. The summed E-state index contributed by atoms with van der Waals surface area (Å²) in [5, 5.41) is 0. The molecule has 0 atom stereocenters. The molecule has 108 valence electrons. The van der Waals surface area contributed by atoms with E-state index < -0.39 is 0 Å². The molecule has 0 saturated carbocycles. The van der Waals surface area contributed by atoms with Crippen LogP contribution in [0.2, 0.25) is 0 Å². The number of hydrogen-bond acceptors (Lipinski definition) is 4. The molecule has 0 aliphatic carbocycles. The Labute approximate surface area is 116 Å². The first kappa shape index (κ1) is 15.8. The molecular weight excluding hydrogens is 240 g/mol. The molecule has 0 unspecified atom stereocenters. The van der Waals surface area contributed by atoms with Gasteiger partial charge < -0.3 is 20.1 Å². The molecule has 2 N–H and O–H groups in total. The molecule has 1 aromatic carbocycles. The zero-order valence-corrected chi connectivity index (χ0v) is 12.5. The third-order valence-corrected chi connectivity index (χ3v) is 3.35. The molecule has 1 aromatic rings. The van der Waals surface area contributed by atoms with Crippen molar-refractivity contribution in [2.75, 3.05) is 40.9 Å². The SMILES string of the molecule is COc1cc(C)c(CCN(C)CCCN)c(OC)c1. The molecule has 4 nitrogen and oxygen atoms in total. The average Bonchev–Trinajstić information content (AvgIpc) is 2.42. The highest BCUT2D eigenvalue weighted by Gasteiger charge is 2.10.